The van der Waals surface area contributed by atoms with Gasteiger partial charge in [0.15, 0.2) is 5.65 Å². The van der Waals surface area contributed by atoms with E-state index in [0.29, 0.717) is 0 Å². The van der Waals surface area contributed by atoms with Crippen LogP contribution in [0.3, 0.4) is 0 Å². The van der Waals surface area contributed by atoms with E-state index in [1.54, 1.807) is 4.52 Å². The lowest BCUT2D eigenvalue weighted by Crippen LogP contribution is -2.13. The summed E-state index contributed by atoms with van der Waals surface area (Å²) in [6.07, 6.45) is 1.97. The maximum absolute atomic E-state index is 9.19. The van der Waals surface area contributed by atoms with Crippen molar-refractivity contribution in [3.05, 3.63) is 54.0 Å². The minimum absolute atomic E-state index is 0.467. The highest BCUT2D eigenvalue weighted by molar-refractivity contribution is 5.65. The maximum atomic E-state index is 9.19. The van der Waals surface area contributed by atoms with Crippen LogP contribution < -0.4 is 0 Å². The Bertz CT molecular complexity index is 835. The number of fused-ring (bicyclic) bond motifs is 1. The van der Waals surface area contributed by atoms with Gasteiger partial charge in [-0.15, -0.1) is 0 Å². The lowest BCUT2D eigenvalue weighted by atomic mass is 9.85. The number of rotatable bonds is 2. The smallest absolute Gasteiger partial charge is 0.155 e. The summed E-state index contributed by atoms with van der Waals surface area (Å²) in [5.41, 5.74) is 3.58. The molecule has 104 valence electrons. The molecule has 0 aliphatic carbocycles. The molecule has 4 nitrogen and oxygen atoms in total. The van der Waals surface area contributed by atoms with Gasteiger partial charge in [-0.1, -0.05) is 24.3 Å². The fourth-order valence-electron chi connectivity index (χ4n) is 2.31. The van der Waals surface area contributed by atoms with Crippen molar-refractivity contribution in [1.82, 2.24) is 14.6 Å². The fraction of sp³-hybridized carbons (Fsp3) is 0.235. The van der Waals surface area contributed by atoms with Gasteiger partial charge in [-0.2, -0.15) is 10.4 Å². The van der Waals surface area contributed by atoms with Crippen molar-refractivity contribution in [3.63, 3.8) is 0 Å². The number of benzene rings is 1. The lowest BCUT2D eigenvalue weighted by Gasteiger charge is -2.16. The first kappa shape index (κ1) is 13.3. The van der Waals surface area contributed by atoms with Crippen molar-refractivity contribution in [2.75, 3.05) is 0 Å². The van der Waals surface area contributed by atoms with Crippen LogP contribution in [0.15, 0.2) is 42.6 Å². The minimum atomic E-state index is -0.467. The molecule has 0 aliphatic heterocycles. The molecule has 21 heavy (non-hydrogen) atoms. The summed E-state index contributed by atoms with van der Waals surface area (Å²) in [5, 5.41) is 13.5. The molecule has 0 radical (unpaired) electrons. The van der Waals surface area contributed by atoms with Gasteiger partial charge in [0.1, 0.15) is 5.82 Å². The first-order chi connectivity index (χ1) is 9.99. The van der Waals surface area contributed by atoms with Crippen molar-refractivity contribution < 1.29 is 0 Å². The molecular weight excluding hydrogens is 260 g/mol. The van der Waals surface area contributed by atoms with Crippen molar-refractivity contribution in [3.8, 4) is 17.2 Å². The number of nitriles is 1. The van der Waals surface area contributed by atoms with Gasteiger partial charge in [0.25, 0.3) is 0 Å². The molecule has 0 atom stereocenters. The molecular formula is C17H16N4. The average molecular weight is 276 g/mol. The summed E-state index contributed by atoms with van der Waals surface area (Å²) in [4.78, 5) is 4.32. The first-order valence-electron chi connectivity index (χ1n) is 6.85. The molecule has 0 bridgehead atoms. The van der Waals surface area contributed by atoms with Crippen molar-refractivity contribution in [2.45, 2.75) is 26.2 Å². The van der Waals surface area contributed by atoms with Gasteiger partial charge in [-0.25, -0.2) is 9.50 Å². The monoisotopic (exact) mass is 276 g/mol. The van der Waals surface area contributed by atoms with Crippen LogP contribution in [-0.4, -0.2) is 14.6 Å². The van der Waals surface area contributed by atoms with Gasteiger partial charge in [-0.3, -0.25) is 0 Å². The van der Waals surface area contributed by atoms with Crippen LogP contribution in [0.1, 0.15) is 25.2 Å². The number of pyridine rings is 1. The quantitative estimate of drug-likeness (QED) is 0.719. The second-order valence-electron chi connectivity index (χ2n) is 5.69. The molecule has 4 heteroatoms. The number of hydrogen-bond acceptors (Lipinski definition) is 3. The molecule has 0 amide bonds. The summed E-state index contributed by atoms with van der Waals surface area (Å²) >= 11 is 0. The number of aromatic nitrogens is 3. The standard InChI is InChI=1S/C17H16N4/c1-12-19-16-9-6-14(10-21(16)20-12)13-4-7-15(8-5-13)17(2,3)11-18/h4-10H,1-3H3. The van der Waals surface area contributed by atoms with E-state index in [1.807, 2.05) is 63.4 Å². The van der Waals surface area contributed by atoms with Crippen LogP contribution in [0.2, 0.25) is 0 Å². The zero-order valence-electron chi connectivity index (χ0n) is 12.3. The Hall–Kier alpha value is -2.67. The Kier molecular flexibility index (Phi) is 2.99. The third-order valence-electron chi connectivity index (χ3n) is 3.66. The highest BCUT2D eigenvalue weighted by atomic mass is 15.3. The third-order valence-corrected chi connectivity index (χ3v) is 3.66. The predicted molar refractivity (Wildman–Crippen MR) is 81.8 cm³/mol. The first-order valence-corrected chi connectivity index (χ1v) is 6.85. The molecule has 0 spiro atoms. The van der Waals surface area contributed by atoms with Crippen molar-refractivity contribution >= 4 is 5.65 Å². The highest BCUT2D eigenvalue weighted by Gasteiger charge is 2.19. The van der Waals surface area contributed by atoms with Gasteiger partial charge in [0, 0.05) is 11.8 Å². The molecule has 0 aliphatic rings. The summed E-state index contributed by atoms with van der Waals surface area (Å²) in [5.74, 6) is 0.762. The largest absolute Gasteiger partial charge is 0.220 e. The molecule has 2 aromatic heterocycles. The minimum Gasteiger partial charge on any atom is -0.220 e. The zero-order chi connectivity index (χ0) is 15.0. The molecule has 0 saturated carbocycles. The van der Waals surface area contributed by atoms with E-state index in [-0.39, 0.29) is 0 Å². The Morgan fingerprint density at radius 3 is 2.38 bits per heavy atom. The Morgan fingerprint density at radius 1 is 1.05 bits per heavy atom. The molecule has 2 heterocycles. The van der Waals surface area contributed by atoms with E-state index < -0.39 is 5.41 Å². The summed E-state index contributed by atoms with van der Waals surface area (Å²) in [6, 6.07) is 14.4. The Labute approximate surface area is 123 Å². The Balaban J connectivity index is 2.01. The average Bonchev–Trinajstić information content (AvgIpc) is 2.86. The van der Waals surface area contributed by atoms with Crippen LogP contribution in [0, 0.1) is 18.3 Å². The van der Waals surface area contributed by atoms with E-state index in [0.717, 1.165) is 28.2 Å². The van der Waals surface area contributed by atoms with Crippen molar-refractivity contribution in [2.24, 2.45) is 0 Å². The summed E-state index contributed by atoms with van der Waals surface area (Å²) in [6.45, 7) is 5.73. The second-order valence-corrected chi connectivity index (χ2v) is 5.69. The van der Waals surface area contributed by atoms with Crippen LogP contribution >= 0.6 is 0 Å². The summed E-state index contributed by atoms with van der Waals surface area (Å²) < 4.78 is 1.79. The fourth-order valence-corrected chi connectivity index (χ4v) is 2.31. The van der Waals surface area contributed by atoms with Crippen LogP contribution in [0.4, 0.5) is 0 Å². The molecule has 0 N–H and O–H groups in total. The van der Waals surface area contributed by atoms with Crippen LogP contribution in [0.25, 0.3) is 16.8 Å². The van der Waals surface area contributed by atoms with E-state index in [1.165, 1.54) is 0 Å². The topological polar surface area (TPSA) is 54.0 Å². The van der Waals surface area contributed by atoms with Gasteiger partial charge in [0.2, 0.25) is 0 Å². The van der Waals surface area contributed by atoms with E-state index in [4.69, 9.17) is 0 Å². The molecule has 0 fully saturated rings. The van der Waals surface area contributed by atoms with E-state index >= 15 is 0 Å². The van der Waals surface area contributed by atoms with Gasteiger partial charge < -0.3 is 0 Å². The molecule has 3 rings (SSSR count). The maximum Gasteiger partial charge on any atom is 0.155 e. The normalized spacial score (nSPS) is 11.5. The molecule has 1 aromatic carbocycles. The number of hydrogen-bond donors (Lipinski definition) is 0. The van der Waals surface area contributed by atoms with E-state index in [2.05, 4.69) is 16.2 Å². The molecule has 0 unspecified atom stereocenters. The second kappa shape index (κ2) is 4.71. The molecule has 3 aromatic rings. The van der Waals surface area contributed by atoms with Crippen LogP contribution in [0.5, 0.6) is 0 Å². The zero-order valence-corrected chi connectivity index (χ0v) is 12.3. The number of aryl methyl sites for hydroxylation is 1. The summed E-state index contributed by atoms with van der Waals surface area (Å²) in [7, 11) is 0. The van der Waals surface area contributed by atoms with E-state index in [9.17, 15) is 5.26 Å². The van der Waals surface area contributed by atoms with Crippen molar-refractivity contribution in [1.29, 1.82) is 5.26 Å². The SMILES string of the molecule is Cc1nc2ccc(-c3ccc(C(C)(C)C#N)cc3)cn2n1. The predicted octanol–water partition coefficient (Wildman–Crippen LogP) is 3.51. The van der Waals surface area contributed by atoms with Crippen LogP contribution in [-0.2, 0) is 5.41 Å². The van der Waals surface area contributed by atoms with Gasteiger partial charge >= 0.3 is 0 Å². The highest BCUT2D eigenvalue weighted by Crippen LogP contribution is 2.26. The molecule has 0 saturated heterocycles. The Morgan fingerprint density at radius 2 is 1.71 bits per heavy atom. The lowest BCUT2D eigenvalue weighted by molar-refractivity contribution is 0.687. The third kappa shape index (κ3) is 2.38. The van der Waals surface area contributed by atoms with Gasteiger partial charge in [0.05, 0.1) is 11.5 Å². The van der Waals surface area contributed by atoms with Gasteiger partial charge in [-0.05, 0) is 44.0 Å². The number of nitrogens with zero attached hydrogens (tertiary/aromatic N) is 4.